The summed E-state index contributed by atoms with van der Waals surface area (Å²) in [6.45, 7) is 5.64. The maximum atomic E-state index is 12.1. The molecule has 0 bridgehead atoms. The second-order valence-corrected chi connectivity index (χ2v) is 14.1. The molecule has 46 heavy (non-hydrogen) atoms. The van der Waals surface area contributed by atoms with Crippen LogP contribution < -0.4 is 10.6 Å². The largest absolute Gasteiger partial charge is 0.354 e. The van der Waals surface area contributed by atoms with E-state index in [0.717, 1.165) is 25.7 Å². The van der Waals surface area contributed by atoms with Crippen molar-refractivity contribution in [2.24, 2.45) is 0 Å². The first-order valence-electron chi connectivity index (χ1n) is 20.9. The predicted octanol–water partition coefficient (Wildman–Crippen LogP) is 13.1. The van der Waals surface area contributed by atoms with Crippen molar-refractivity contribution in [3.63, 3.8) is 0 Å². The van der Waals surface area contributed by atoms with Crippen LogP contribution in [0.5, 0.6) is 0 Å². The number of amides is 2. The minimum Gasteiger partial charge on any atom is -0.354 e. The Morgan fingerprint density at radius 3 is 0.870 bits per heavy atom. The van der Waals surface area contributed by atoms with Crippen molar-refractivity contribution < 1.29 is 9.59 Å². The Morgan fingerprint density at radius 1 is 0.348 bits per heavy atom. The molecule has 0 fully saturated rings. The van der Waals surface area contributed by atoms with Gasteiger partial charge in [-0.3, -0.25) is 9.59 Å². The van der Waals surface area contributed by atoms with Gasteiger partial charge in [-0.1, -0.05) is 193 Å². The van der Waals surface area contributed by atoms with Crippen molar-refractivity contribution in [2.45, 2.75) is 232 Å². The van der Waals surface area contributed by atoms with Gasteiger partial charge in [-0.2, -0.15) is 0 Å². The van der Waals surface area contributed by atoms with Crippen molar-refractivity contribution in [3.05, 3.63) is 12.2 Å². The Morgan fingerprint density at radius 2 is 0.587 bits per heavy atom. The Hall–Kier alpha value is -1.32. The molecule has 2 N–H and O–H groups in total. The lowest BCUT2D eigenvalue weighted by molar-refractivity contribution is -0.123. The predicted molar refractivity (Wildman–Crippen MR) is 203 cm³/mol. The van der Waals surface area contributed by atoms with Crippen LogP contribution in [0.2, 0.25) is 0 Å². The van der Waals surface area contributed by atoms with E-state index in [1.165, 1.54) is 180 Å². The van der Waals surface area contributed by atoms with Gasteiger partial charge in [-0.05, 0) is 38.5 Å². The first-order valence-corrected chi connectivity index (χ1v) is 20.9. The van der Waals surface area contributed by atoms with E-state index >= 15 is 0 Å². The highest BCUT2D eigenvalue weighted by molar-refractivity contribution is 5.77. The molecule has 0 aromatic heterocycles. The minimum atomic E-state index is 0.123. The van der Waals surface area contributed by atoms with E-state index in [9.17, 15) is 9.59 Å². The van der Waals surface area contributed by atoms with E-state index < -0.39 is 0 Å². The molecule has 0 unspecified atom stereocenters. The van der Waals surface area contributed by atoms with Crippen LogP contribution in [-0.2, 0) is 9.59 Å². The molecule has 0 aliphatic heterocycles. The van der Waals surface area contributed by atoms with Crippen LogP contribution in [0.3, 0.4) is 0 Å². The number of carbonyl (C=O) groups is 2. The molecule has 0 aromatic rings. The molecule has 0 heterocycles. The van der Waals surface area contributed by atoms with E-state index in [-0.39, 0.29) is 11.8 Å². The molecule has 2 amide bonds. The molecule has 4 nitrogen and oxygen atoms in total. The van der Waals surface area contributed by atoms with Crippen molar-refractivity contribution in [1.29, 1.82) is 0 Å². The smallest absolute Gasteiger partial charge is 0.220 e. The fraction of sp³-hybridized carbons (Fsp3) is 0.905. The van der Waals surface area contributed by atoms with Crippen LogP contribution in [0.25, 0.3) is 0 Å². The number of hydrogen-bond donors (Lipinski definition) is 2. The molecule has 0 saturated carbocycles. The van der Waals surface area contributed by atoms with Crippen LogP contribution in [0.4, 0.5) is 0 Å². The van der Waals surface area contributed by atoms with Crippen LogP contribution in [-0.4, -0.2) is 24.9 Å². The zero-order chi connectivity index (χ0) is 33.4. The lowest BCUT2D eigenvalue weighted by Crippen LogP contribution is -2.34. The summed E-state index contributed by atoms with van der Waals surface area (Å²) in [5.41, 5.74) is 0. The summed E-state index contributed by atoms with van der Waals surface area (Å²) >= 11 is 0. The number of allylic oxidation sites excluding steroid dienone is 2. The average molecular weight is 647 g/mol. The lowest BCUT2D eigenvalue weighted by atomic mass is 10.0. The van der Waals surface area contributed by atoms with Crippen LogP contribution >= 0.6 is 0 Å². The summed E-state index contributed by atoms with van der Waals surface area (Å²) < 4.78 is 0. The third kappa shape index (κ3) is 38.9. The summed E-state index contributed by atoms with van der Waals surface area (Å²) in [7, 11) is 0. The molecule has 0 rings (SSSR count). The Balaban J connectivity index is 3.28. The molecule has 0 saturated heterocycles. The molecule has 0 atom stereocenters. The van der Waals surface area contributed by atoms with Crippen LogP contribution in [0.15, 0.2) is 12.2 Å². The van der Waals surface area contributed by atoms with Gasteiger partial charge in [-0.15, -0.1) is 0 Å². The molecular weight excluding hydrogens is 564 g/mol. The number of rotatable bonds is 38. The minimum absolute atomic E-state index is 0.123. The molecule has 0 aliphatic carbocycles. The Kier molecular flexibility index (Phi) is 38.7. The average Bonchev–Trinajstić information content (AvgIpc) is 3.06. The Bertz CT molecular complexity index is 648. The van der Waals surface area contributed by atoms with Gasteiger partial charge in [0.1, 0.15) is 0 Å². The maximum Gasteiger partial charge on any atom is 0.220 e. The molecule has 0 aliphatic rings. The monoisotopic (exact) mass is 647 g/mol. The van der Waals surface area contributed by atoms with Crippen molar-refractivity contribution in [2.75, 3.05) is 13.1 Å². The molecule has 272 valence electrons. The fourth-order valence-electron chi connectivity index (χ4n) is 6.30. The SMILES string of the molecule is CCCCCCCC/C=C\CCCCCCCCCCCC(=O)NCCNC(=O)CCCCCCCCCCCCCCCCC. The van der Waals surface area contributed by atoms with Crippen molar-refractivity contribution in [1.82, 2.24) is 10.6 Å². The van der Waals surface area contributed by atoms with Gasteiger partial charge in [0.15, 0.2) is 0 Å². The summed E-state index contributed by atoms with van der Waals surface area (Å²) in [5.74, 6) is 0.247. The van der Waals surface area contributed by atoms with Gasteiger partial charge in [0.2, 0.25) is 11.8 Å². The van der Waals surface area contributed by atoms with Crippen LogP contribution in [0, 0.1) is 0 Å². The molecule has 0 radical (unpaired) electrons. The van der Waals surface area contributed by atoms with E-state index in [1.54, 1.807) is 0 Å². The highest BCUT2D eigenvalue weighted by Crippen LogP contribution is 2.14. The standard InChI is InChI=1S/C42H82N2O2/c1-3-5-7-9-11-13-15-17-19-20-21-22-24-26-28-30-32-34-36-38-42(46)44-40-39-43-41(45)37-35-33-31-29-27-25-23-18-16-14-12-10-8-6-4-2/h17,19H,3-16,18,20-40H2,1-2H3,(H,43,45)(H,44,46)/b19-17-. The van der Waals surface area contributed by atoms with E-state index in [1.807, 2.05) is 0 Å². The van der Waals surface area contributed by atoms with Gasteiger partial charge in [0.05, 0.1) is 0 Å². The first kappa shape index (κ1) is 44.7. The second kappa shape index (κ2) is 39.9. The van der Waals surface area contributed by atoms with Gasteiger partial charge in [0.25, 0.3) is 0 Å². The van der Waals surface area contributed by atoms with Gasteiger partial charge >= 0.3 is 0 Å². The highest BCUT2D eigenvalue weighted by atomic mass is 16.2. The van der Waals surface area contributed by atoms with Crippen molar-refractivity contribution >= 4 is 11.8 Å². The third-order valence-electron chi connectivity index (χ3n) is 9.44. The summed E-state index contributed by atoms with van der Waals surface area (Å²) in [6.07, 6.45) is 48.4. The second-order valence-electron chi connectivity index (χ2n) is 14.1. The maximum absolute atomic E-state index is 12.1. The molecule has 4 heteroatoms. The highest BCUT2D eigenvalue weighted by Gasteiger charge is 2.03. The zero-order valence-electron chi connectivity index (χ0n) is 31.4. The van der Waals surface area contributed by atoms with Gasteiger partial charge in [-0.25, -0.2) is 0 Å². The molecule has 0 spiro atoms. The summed E-state index contributed by atoms with van der Waals surface area (Å²) in [4.78, 5) is 24.1. The third-order valence-corrected chi connectivity index (χ3v) is 9.44. The first-order chi connectivity index (χ1) is 22.7. The van der Waals surface area contributed by atoms with Crippen LogP contribution in [0.1, 0.15) is 232 Å². The normalized spacial score (nSPS) is 11.4. The molecule has 0 aromatic carbocycles. The summed E-state index contributed by atoms with van der Waals surface area (Å²) in [5, 5.41) is 5.92. The summed E-state index contributed by atoms with van der Waals surface area (Å²) in [6, 6.07) is 0. The fourth-order valence-corrected chi connectivity index (χ4v) is 6.30. The van der Waals surface area contributed by atoms with E-state index in [0.29, 0.717) is 25.9 Å². The van der Waals surface area contributed by atoms with Gasteiger partial charge in [0, 0.05) is 25.9 Å². The number of hydrogen-bond acceptors (Lipinski definition) is 2. The van der Waals surface area contributed by atoms with E-state index in [4.69, 9.17) is 0 Å². The van der Waals surface area contributed by atoms with E-state index in [2.05, 4.69) is 36.6 Å². The zero-order valence-corrected chi connectivity index (χ0v) is 31.4. The number of carbonyl (C=O) groups excluding carboxylic acids is 2. The molecular formula is C42H82N2O2. The quantitative estimate of drug-likeness (QED) is 0.0518. The number of nitrogens with one attached hydrogen (secondary N) is 2. The topological polar surface area (TPSA) is 58.2 Å². The van der Waals surface area contributed by atoms with Gasteiger partial charge < -0.3 is 10.6 Å². The lowest BCUT2D eigenvalue weighted by Gasteiger charge is -2.07. The van der Waals surface area contributed by atoms with Crippen molar-refractivity contribution in [3.8, 4) is 0 Å². The Labute approximate surface area is 288 Å². The number of unbranched alkanes of at least 4 members (excludes halogenated alkanes) is 29.